The maximum absolute atomic E-state index is 11.5. The lowest BCUT2D eigenvalue weighted by molar-refractivity contribution is 0.476. The lowest BCUT2D eigenvalue weighted by atomic mass is 10.3. The number of aromatic hydroxyl groups is 1. The quantitative estimate of drug-likeness (QED) is 0.585. The lowest BCUT2D eigenvalue weighted by Gasteiger charge is -2.04. The Balaban J connectivity index is 3.15. The summed E-state index contributed by atoms with van der Waals surface area (Å²) in [7, 11) is -3.27. The average Bonchev–Trinajstić information content (AvgIpc) is 2.09. The van der Waals surface area contributed by atoms with Gasteiger partial charge in [0.1, 0.15) is 5.75 Å². The largest absolute Gasteiger partial charge is 0.506 e. The summed E-state index contributed by atoms with van der Waals surface area (Å²) in [5, 5.41) is 9.24. The van der Waals surface area contributed by atoms with Gasteiger partial charge in [-0.2, -0.15) is 0 Å². The van der Waals surface area contributed by atoms with E-state index in [1.807, 2.05) is 0 Å². The number of phenolic OH excluding ortho intramolecular Hbond substituents is 1. The van der Waals surface area contributed by atoms with Gasteiger partial charge in [-0.15, -0.1) is 0 Å². The van der Waals surface area contributed by atoms with Gasteiger partial charge in [0.25, 0.3) is 0 Å². The highest BCUT2D eigenvalue weighted by molar-refractivity contribution is 7.91. The molecule has 0 aliphatic carbocycles. The molecule has 78 valence electrons. The van der Waals surface area contributed by atoms with Crippen molar-refractivity contribution in [3.8, 4) is 5.75 Å². The zero-order valence-electron chi connectivity index (χ0n) is 7.90. The first-order chi connectivity index (χ1) is 6.47. The number of nitrogens with two attached hydrogens (primary N) is 1. The first-order valence-corrected chi connectivity index (χ1v) is 5.94. The van der Waals surface area contributed by atoms with Crippen molar-refractivity contribution in [3.05, 3.63) is 18.2 Å². The fourth-order valence-corrected chi connectivity index (χ4v) is 2.44. The molecule has 0 saturated carbocycles. The number of benzene rings is 1. The van der Waals surface area contributed by atoms with E-state index in [1.165, 1.54) is 18.2 Å². The Kier molecular flexibility index (Phi) is 3.00. The van der Waals surface area contributed by atoms with Crippen molar-refractivity contribution in [2.75, 3.05) is 11.5 Å². The van der Waals surface area contributed by atoms with Gasteiger partial charge in [0.05, 0.1) is 16.3 Å². The van der Waals surface area contributed by atoms with Crippen molar-refractivity contribution in [1.82, 2.24) is 0 Å². The molecule has 4 nitrogen and oxygen atoms in total. The van der Waals surface area contributed by atoms with Gasteiger partial charge in [-0.05, 0) is 18.6 Å². The third kappa shape index (κ3) is 2.17. The highest BCUT2D eigenvalue weighted by Crippen LogP contribution is 2.24. The van der Waals surface area contributed by atoms with E-state index < -0.39 is 9.84 Å². The molecule has 0 amide bonds. The van der Waals surface area contributed by atoms with Crippen LogP contribution in [0.25, 0.3) is 0 Å². The second kappa shape index (κ2) is 3.88. The molecule has 0 aliphatic heterocycles. The van der Waals surface area contributed by atoms with Crippen LogP contribution in [0, 0.1) is 0 Å². The molecule has 3 N–H and O–H groups in total. The zero-order chi connectivity index (χ0) is 10.8. The summed E-state index contributed by atoms with van der Waals surface area (Å²) in [6.07, 6.45) is 0.549. The number of phenols is 1. The van der Waals surface area contributed by atoms with Crippen LogP contribution in [0.15, 0.2) is 23.1 Å². The van der Waals surface area contributed by atoms with E-state index in [1.54, 1.807) is 6.92 Å². The molecule has 1 rings (SSSR count). The van der Waals surface area contributed by atoms with E-state index in [2.05, 4.69) is 0 Å². The van der Waals surface area contributed by atoms with Crippen LogP contribution in [-0.2, 0) is 9.84 Å². The van der Waals surface area contributed by atoms with E-state index >= 15 is 0 Å². The third-order valence-electron chi connectivity index (χ3n) is 1.83. The first kappa shape index (κ1) is 10.8. The van der Waals surface area contributed by atoms with Gasteiger partial charge in [0.15, 0.2) is 9.84 Å². The number of hydrogen-bond donors (Lipinski definition) is 2. The predicted octanol–water partition coefficient (Wildman–Crippen LogP) is 1.16. The number of hydrogen-bond acceptors (Lipinski definition) is 4. The van der Waals surface area contributed by atoms with Gasteiger partial charge < -0.3 is 10.8 Å². The molecule has 0 spiro atoms. The van der Waals surface area contributed by atoms with Crippen LogP contribution in [0.1, 0.15) is 13.3 Å². The smallest absolute Gasteiger partial charge is 0.178 e. The highest BCUT2D eigenvalue weighted by atomic mass is 32.2. The van der Waals surface area contributed by atoms with Gasteiger partial charge in [0.2, 0.25) is 0 Å². The van der Waals surface area contributed by atoms with E-state index in [-0.39, 0.29) is 22.1 Å². The van der Waals surface area contributed by atoms with Gasteiger partial charge in [-0.25, -0.2) is 8.42 Å². The van der Waals surface area contributed by atoms with Crippen molar-refractivity contribution in [2.45, 2.75) is 18.2 Å². The summed E-state index contributed by atoms with van der Waals surface area (Å²) in [6, 6.07) is 3.97. The molecule has 1 aromatic rings. The van der Waals surface area contributed by atoms with E-state index in [9.17, 15) is 13.5 Å². The Hall–Kier alpha value is -1.23. The Bertz CT molecular complexity index is 426. The molecule has 0 aliphatic rings. The summed E-state index contributed by atoms with van der Waals surface area (Å²) in [5.41, 5.74) is 5.54. The lowest BCUT2D eigenvalue weighted by Crippen LogP contribution is -2.05. The molecular weight excluding hydrogens is 202 g/mol. The van der Waals surface area contributed by atoms with Crippen molar-refractivity contribution in [3.63, 3.8) is 0 Å². The minimum atomic E-state index is -3.27. The number of sulfone groups is 1. The summed E-state index contributed by atoms with van der Waals surface area (Å²) < 4.78 is 23.1. The van der Waals surface area contributed by atoms with Crippen LogP contribution in [0.5, 0.6) is 5.75 Å². The molecule has 0 bridgehead atoms. The molecular formula is C9H13NO3S. The highest BCUT2D eigenvalue weighted by Gasteiger charge is 2.14. The Labute approximate surface area is 83.3 Å². The van der Waals surface area contributed by atoms with Crippen molar-refractivity contribution in [2.24, 2.45) is 0 Å². The third-order valence-corrected chi connectivity index (χ3v) is 3.75. The average molecular weight is 215 g/mol. The molecule has 1 aromatic carbocycles. The minimum Gasteiger partial charge on any atom is -0.506 e. The molecule has 0 heterocycles. The molecule has 0 saturated heterocycles. The van der Waals surface area contributed by atoms with Crippen LogP contribution >= 0.6 is 0 Å². The van der Waals surface area contributed by atoms with Gasteiger partial charge in [0, 0.05) is 6.07 Å². The minimum absolute atomic E-state index is 0.0797. The van der Waals surface area contributed by atoms with Crippen LogP contribution < -0.4 is 5.73 Å². The van der Waals surface area contributed by atoms with Crippen molar-refractivity contribution >= 4 is 15.5 Å². The van der Waals surface area contributed by atoms with Gasteiger partial charge in [-0.3, -0.25) is 0 Å². The number of rotatable bonds is 3. The molecule has 0 fully saturated rings. The second-order valence-corrected chi connectivity index (χ2v) is 5.15. The van der Waals surface area contributed by atoms with E-state index in [4.69, 9.17) is 5.73 Å². The van der Waals surface area contributed by atoms with Gasteiger partial charge in [-0.1, -0.05) is 6.92 Å². The Morgan fingerprint density at radius 1 is 1.43 bits per heavy atom. The van der Waals surface area contributed by atoms with E-state index in [0.29, 0.717) is 6.42 Å². The predicted molar refractivity (Wildman–Crippen MR) is 54.9 cm³/mol. The number of nitrogen functional groups attached to an aromatic ring is 1. The monoisotopic (exact) mass is 215 g/mol. The SMILES string of the molecule is CCCS(=O)(=O)c1ccc(N)c(O)c1. The van der Waals surface area contributed by atoms with Crippen LogP contribution in [-0.4, -0.2) is 19.3 Å². The molecule has 0 aromatic heterocycles. The summed E-state index contributed by atoms with van der Waals surface area (Å²) >= 11 is 0. The van der Waals surface area contributed by atoms with Crippen LogP contribution in [0.3, 0.4) is 0 Å². The zero-order valence-corrected chi connectivity index (χ0v) is 8.71. The molecule has 14 heavy (non-hydrogen) atoms. The Morgan fingerprint density at radius 2 is 2.07 bits per heavy atom. The number of anilines is 1. The summed E-state index contributed by atoms with van der Waals surface area (Å²) in [5.74, 6) is -0.113. The maximum atomic E-state index is 11.5. The summed E-state index contributed by atoms with van der Waals surface area (Å²) in [4.78, 5) is 0.117. The topological polar surface area (TPSA) is 80.4 Å². The van der Waals surface area contributed by atoms with Crippen molar-refractivity contribution in [1.29, 1.82) is 0 Å². The van der Waals surface area contributed by atoms with Crippen molar-refractivity contribution < 1.29 is 13.5 Å². The maximum Gasteiger partial charge on any atom is 0.178 e. The van der Waals surface area contributed by atoms with Crippen LogP contribution in [0.4, 0.5) is 5.69 Å². The van der Waals surface area contributed by atoms with Crippen LogP contribution in [0.2, 0.25) is 0 Å². The second-order valence-electron chi connectivity index (χ2n) is 3.04. The van der Waals surface area contributed by atoms with Gasteiger partial charge >= 0.3 is 0 Å². The fourth-order valence-electron chi connectivity index (χ4n) is 1.10. The molecule has 0 unspecified atom stereocenters. The fraction of sp³-hybridized carbons (Fsp3) is 0.333. The standard InChI is InChI=1S/C9H13NO3S/c1-2-5-14(12,13)7-3-4-8(10)9(11)6-7/h3-4,6,11H,2,5,10H2,1H3. The molecule has 0 atom stereocenters. The molecule has 5 heteroatoms. The molecule has 0 radical (unpaired) electrons. The normalized spacial score (nSPS) is 11.5. The summed E-state index contributed by atoms with van der Waals surface area (Å²) in [6.45, 7) is 1.79. The van der Waals surface area contributed by atoms with E-state index in [0.717, 1.165) is 0 Å². The first-order valence-electron chi connectivity index (χ1n) is 4.28. The Morgan fingerprint density at radius 3 is 2.57 bits per heavy atom.